The first-order valence-corrected chi connectivity index (χ1v) is 6.08. The van der Waals surface area contributed by atoms with E-state index in [0.29, 0.717) is 18.4 Å². The van der Waals surface area contributed by atoms with Crippen molar-refractivity contribution in [1.29, 1.82) is 0 Å². The molecule has 1 saturated heterocycles. The average Bonchev–Trinajstić information content (AvgIpc) is 3.04. The van der Waals surface area contributed by atoms with Crippen molar-refractivity contribution in [2.75, 3.05) is 32.7 Å². The second-order valence-corrected chi connectivity index (χ2v) is 4.46. The van der Waals surface area contributed by atoms with Crippen LogP contribution in [0.15, 0.2) is 0 Å². The van der Waals surface area contributed by atoms with Gasteiger partial charge in [-0.2, -0.15) is 0 Å². The van der Waals surface area contributed by atoms with Gasteiger partial charge in [0.2, 0.25) is 5.91 Å². The maximum Gasteiger partial charge on any atom is 0.223 e. The maximum absolute atomic E-state index is 11.8. The minimum atomic E-state index is 0.312. The summed E-state index contributed by atoms with van der Waals surface area (Å²) in [7, 11) is 0. The van der Waals surface area contributed by atoms with E-state index in [1.165, 1.54) is 12.8 Å². The van der Waals surface area contributed by atoms with Crippen LogP contribution in [-0.4, -0.2) is 49.6 Å². The van der Waals surface area contributed by atoms with Gasteiger partial charge in [-0.25, -0.2) is 0 Å². The van der Waals surface area contributed by atoms with Crippen molar-refractivity contribution in [3.8, 4) is 0 Å². The molecular formula is C11H21N3O. The van der Waals surface area contributed by atoms with E-state index >= 15 is 0 Å². The topological polar surface area (TPSA) is 44.4 Å². The predicted octanol–water partition coefficient (Wildman–Crippen LogP) is -0.0496. The van der Waals surface area contributed by atoms with Crippen LogP contribution in [-0.2, 0) is 4.79 Å². The van der Waals surface area contributed by atoms with Crippen molar-refractivity contribution in [2.45, 2.75) is 31.7 Å². The monoisotopic (exact) mass is 211 g/mol. The molecule has 0 spiro atoms. The Morgan fingerprint density at radius 3 is 3.00 bits per heavy atom. The Morgan fingerprint density at radius 1 is 1.33 bits per heavy atom. The number of amides is 1. The van der Waals surface area contributed by atoms with E-state index in [1.54, 1.807) is 0 Å². The smallest absolute Gasteiger partial charge is 0.223 e. The molecule has 1 amide bonds. The lowest BCUT2D eigenvalue weighted by Crippen LogP contribution is -2.36. The van der Waals surface area contributed by atoms with Crippen molar-refractivity contribution < 1.29 is 4.79 Å². The van der Waals surface area contributed by atoms with Gasteiger partial charge in [-0.15, -0.1) is 0 Å². The van der Waals surface area contributed by atoms with E-state index in [2.05, 4.69) is 10.6 Å². The Kier molecular flexibility index (Phi) is 3.97. The first-order valence-electron chi connectivity index (χ1n) is 6.08. The predicted molar refractivity (Wildman–Crippen MR) is 59.7 cm³/mol. The van der Waals surface area contributed by atoms with Gasteiger partial charge in [0.15, 0.2) is 0 Å². The number of nitrogens with zero attached hydrogens (tertiary/aromatic N) is 1. The third-order valence-electron chi connectivity index (χ3n) is 3.04. The second kappa shape index (κ2) is 5.47. The maximum atomic E-state index is 11.8. The van der Waals surface area contributed by atoms with Crippen LogP contribution in [0.2, 0.25) is 0 Å². The summed E-state index contributed by atoms with van der Waals surface area (Å²) >= 11 is 0. The Hall–Kier alpha value is -0.610. The van der Waals surface area contributed by atoms with Gasteiger partial charge in [-0.1, -0.05) is 0 Å². The van der Waals surface area contributed by atoms with Crippen molar-refractivity contribution in [3.05, 3.63) is 0 Å². The van der Waals surface area contributed by atoms with Gasteiger partial charge in [-0.05, 0) is 25.8 Å². The molecule has 4 heteroatoms. The van der Waals surface area contributed by atoms with Crippen molar-refractivity contribution >= 4 is 5.91 Å². The van der Waals surface area contributed by atoms with Crippen molar-refractivity contribution in [2.24, 2.45) is 0 Å². The molecule has 0 radical (unpaired) electrons. The Balaban J connectivity index is 1.63. The van der Waals surface area contributed by atoms with Crippen LogP contribution >= 0.6 is 0 Å². The molecule has 2 fully saturated rings. The molecule has 0 atom stereocenters. The molecule has 0 bridgehead atoms. The fourth-order valence-corrected chi connectivity index (χ4v) is 1.92. The van der Waals surface area contributed by atoms with E-state index in [1.807, 2.05) is 4.90 Å². The zero-order valence-corrected chi connectivity index (χ0v) is 9.30. The number of hydrogen-bond donors (Lipinski definition) is 2. The third-order valence-corrected chi connectivity index (χ3v) is 3.04. The molecule has 0 aromatic rings. The Bertz CT molecular complexity index is 208. The minimum absolute atomic E-state index is 0.312. The largest absolute Gasteiger partial charge is 0.341 e. The number of rotatable bonds is 4. The van der Waals surface area contributed by atoms with E-state index in [4.69, 9.17) is 0 Å². The first kappa shape index (κ1) is 10.9. The molecule has 86 valence electrons. The molecule has 0 aromatic heterocycles. The summed E-state index contributed by atoms with van der Waals surface area (Å²) in [4.78, 5) is 13.8. The van der Waals surface area contributed by atoms with Gasteiger partial charge in [-0.3, -0.25) is 4.79 Å². The SMILES string of the molecule is O=C(CCNC1CC1)N1CCCNCC1. The lowest BCUT2D eigenvalue weighted by Gasteiger charge is -2.19. The molecule has 4 nitrogen and oxygen atoms in total. The third kappa shape index (κ3) is 3.80. The summed E-state index contributed by atoms with van der Waals surface area (Å²) in [5.74, 6) is 0.312. The summed E-state index contributed by atoms with van der Waals surface area (Å²) < 4.78 is 0. The molecule has 0 aromatic carbocycles. The van der Waals surface area contributed by atoms with Crippen molar-refractivity contribution in [3.63, 3.8) is 0 Å². The summed E-state index contributed by atoms with van der Waals surface area (Å²) in [5.41, 5.74) is 0. The van der Waals surface area contributed by atoms with Gasteiger partial charge in [0.1, 0.15) is 0 Å². The second-order valence-electron chi connectivity index (χ2n) is 4.46. The quantitative estimate of drug-likeness (QED) is 0.685. The van der Waals surface area contributed by atoms with E-state index in [0.717, 1.165) is 39.1 Å². The lowest BCUT2D eigenvalue weighted by atomic mass is 10.3. The molecule has 15 heavy (non-hydrogen) atoms. The fourth-order valence-electron chi connectivity index (χ4n) is 1.92. The summed E-state index contributed by atoms with van der Waals surface area (Å²) in [6, 6.07) is 0.712. The van der Waals surface area contributed by atoms with Crippen LogP contribution in [0, 0.1) is 0 Å². The van der Waals surface area contributed by atoms with Gasteiger partial charge < -0.3 is 15.5 Å². The van der Waals surface area contributed by atoms with Gasteiger partial charge >= 0.3 is 0 Å². The molecule has 0 unspecified atom stereocenters. The van der Waals surface area contributed by atoms with Crippen LogP contribution in [0.4, 0.5) is 0 Å². The Morgan fingerprint density at radius 2 is 2.20 bits per heavy atom. The minimum Gasteiger partial charge on any atom is -0.341 e. The molecular weight excluding hydrogens is 190 g/mol. The van der Waals surface area contributed by atoms with Crippen LogP contribution < -0.4 is 10.6 Å². The molecule has 2 N–H and O–H groups in total. The van der Waals surface area contributed by atoms with Gasteiger partial charge in [0.25, 0.3) is 0 Å². The number of carbonyl (C=O) groups is 1. The number of nitrogens with one attached hydrogen (secondary N) is 2. The van der Waals surface area contributed by atoms with Crippen LogP contribution in [0.25, 0.3) is 0 Å². The van der Waals surface area contributed by atoms with E-state index < -0.39 is 0 Å². The summed E-state index contributed by atoms with van der Waals surface area (Å²) in [6.07, 6.45) is 4.34. The highest BCUT2D eigenvalue weighted by molar-refractivity contribution is 5.76. The molecule has 2 rings (SSSR count). The highest BCUT2D eigenvalue weighted by Crippen LogP contribution is 2.18. The Labute approximate surface area is 91.4 Å². The molecule has 1 heterocycles. The van der Waals surface area contributed by atoms with Crippen LogP contribution in [0.5, 0.6) is 0 Å². The molecule has 1 saturated carbocycles. The van der Waals surface area contributed by atoms with Crippen LogP contribution in [0.3, 0.4) is 0 Å². The van der Waals surface area contributed by atoms with Gasteiger partial charge in [0, 0.05) is 38.6 Å². The van der Waals surface area contributed by atoms with Gasteiger partial charge in [0.05, 0.1) is 0 Å². The normalized spacial score (nSPS) is 22.5. The summed E-state index contributed by atoms with van der Waals surface area (Å²) in [6.45, 7) is 4.65. The zero-order valence-electron chi connectivity index (χ0n) is 9.30. The lowest BCUT2D eigenvalue weighted by molar-refractivity contribution is -0.130. The van der Waals surface area contributed by atoms with Crippen molar-refractivity contribution in [1.82, 2.24) is 15.5 Å². The number of hydrogen-bond acceptors (Lipinski definition) is 3. The van der Waals surface area contributed by atoms with E-state index in [-0.39, 0.29) is 0 Å². The first-order chi connectivity index (χ1) is 7.36. The van der Waals surface area contributed by atoms with E-state index in [9.17, 15) is 4.79 Å². The van der Waals surface area contributed by atoms with Crippen LogP contribution in [0.1, 0.15) is 25.7 Å². The molecule has 1 aliphatic heterocycles. The zero-order chi connectivity index (χ0) is 10.5. The summed E-state index contributed by atoms with van der Waals surface area (Å²) in [5, 5.41) is 6.69. The standard InChI is InChI=1S/C11H21N3O/c15-11(4-6-13-10-2-3-10)14-8-1-5-12-7-9-14/h10,12-13H,1-9H2. The highest BCUT2D eigenvalue weighted by atomic mass is 16.2. The average molecular weight is 211 g/mol. The fraction of sp³-hybridized carbons (Fsp3) is 0.909. The molecule has 1 aliphatic carbocycles. The number of carbonyl (C=O) groups excluding carboxylic acids is 1. The molecule has 2 aliphatic rings. The highest BCUT2D eigenvalue weighted by Gasteiger charge is 2.21.